The first-order valence-electron chi connectivity index (χ1n) is 6.23. The summed E-state index contributed by atoms with van der Waals surface area (Å²) in [6.07, 6.45) is -3.30. The minimum absolute atomic E-state index is 0.00890. The van der Waals surface area contributed by atoms with Crippen molar-refractivity contribution in [2.45, 2.75) is 12.7 Å². The average Bonchev–Trinajstić information content (AvgIpc) is 2.34. The molecule has 1 N–H and O–H groups in total. The number of hydrogen-bond donors (Lipinski definition) is 1. The van der Waals surface area contributed by atoms with Gasteiger partial charge in [0.1, 0.15) is 0 Å². The number of para-hydroxylation sites is 1. The number of fused-ring (bicyclic) bond motifs is 1. The molecule has 1 aliphatic rings. The molecule has 0 amide bonds. The van der Waals surface area contributed by atoms with Gasteiger partial charge in [-0.3, -0.25) is 9.36 Å². The molecule has 0 radical (unpaired) electrons. The third kappa shape index (κ3) is 2.18. The van der Waals surface area contributed by atoms with Crippen LogP contribution in [0.4, 0.5) is 13.2 Å². The Labute approximate surface area is 112 Å². The zero-order chi connectivity index (χ0) is 14.3. The summed E-state index contributed by atoms with van der Waals surface area (Å²) in [7, 11) is 0. The predicted octanol–water partition coefficient (Wildman–Crippen LogP) is 1.63. The van der Waals surface area contributed by atoms with Gasteiger partial charge in [-0.15, -0.1) is 0 Å². The van der Waals surface area contributed by atoms with Crippen LogP contribution in [0.25, 0.3) is 10.9 Å². The Kier molecular flexibility index (Phi) is 3.01. The fourth-order valence-electron chi connectivity index (χ4n) is 2.30. The van der Waals surface area contributed by atoms with Crippen molar-refractivity contribution in [2.24, 2.45) is 5.92 Å². The van der Waals surface area contributed by atoms with Gasteiger partial charge in [-0.05, 0) is 12.1 Å². The third-order valence-corrected chi connectivity index (χ3v) is 3.48. The number of benzene rings is 1. The number of alkyl halides is 3. The first-order chi connectivity index (χ1) is 9.47. The second kappa shape index (κ2) is 4.59. The van der Waals surface area contributed by atoms with Crippen LogP contribution in [0.15, 0.2) is 29.3 Å². The summed E-state index contributed by atoms with van der Waals surface area (Å²) in [6.45, 7) is 2.10. The molecule has 2 aromatic rings. The first kappa shape index (κ1) is 13.1. The Bertz CT molecular complexity index is 704. The quantitative estimate of drug-likeness (QED) is 0.911. The number of nitrogens with one attached hydrogen (secondary N) is 1. The van der Waals surface area contributed by atoms with Crippen molar-refractivity contribution in [2.75, 3.05) is 13.1 Å². The van der Waals surface area contributed by atoms with Gasteiger partial charge in [0.2, 0.25) is 0 Å². The highest BCUT2D eigenvalue weighted by atomic mass is 19.4. The largest absolute Gasteiger partial charge is 0.418 e. The Hall–Kier alpha value is -1.89. The van der Waals surface area contributed by atoms with Crippen LogP contribution in [0.5, 0.6) is 0 Å². The maximum Gasteiger partial charge on any atom is 0.418 e. The third-order valence-electron chi connectivity index (χ3n) is 3.48. The molecule has 1 aliphatic heterocycles. The molecule has 106 valence electrons. The average molecular weight is 283 g/mol. The molecule has 0 bridgehead atoms. The molecular formula is C13H12F3N3O. The second-order valence-electron chi connectivity index (χ2n) is 4.93. The molecule has 0 spiro atoms. The lowest BCUT2D eigenvalue weighted by Gasteiger charge is -2.27. The van der Waals surface area contributed by atoms with Gasteiger partial charge in [0.15, 0.2) is 0 Å². The van der Waals surface area contributed by atoms with E-state index in [0.29, 0.717) is 12.5 Å². The molecule has 1 fully saturated rings. The van der Waals surface area contributed by atoms with Gasteiger partial charge in [0.25, 0.3) is 5.56 Å². The van der Waals surface area contributed by atoms with Crippen LogP contribution in [-0.4, -0.2) is 22.6 Å². The number of rotatable bonds is 2. The van der Waals surface area contributed by atoms with E-state index in [2.05, 4.69) is 10.3 Å². The highest BCUT2D eigenvalue weighted by Crippen LogP contribution is 2.32. The molecular weight excluding hydrogens is 271 g/mol. The van der Waals surface area contributed by atoms with Crippen LogP contribution in [-0.2, 0) is 12.7 Å². The van der Waals surface area contributed by atoms with Crippen molar-refractivity contribution in [3.8, 4) is 0 Å². The monoisotopic (exact) mass is 283 g/mol. The Morgan fingerprint density at radius 2 is 2.10 bits per heavy atom. The molecule has 4 nitrogen and oxygen atoms in total. The van der Waals surface area contributed by atoms with Crippen LogP contribution in [0, 0.1) is 5.92 Å². The molecule has 0 unspecified atom stereocenters. The lowest BCUT2D eigenvalue weighted by Crippen LogP contribution is -2.45. The molecule has 0 aliphatic carbocycles. The number of halogens is 3. The van der Waals surface area contributed by atoms with Crippen LogP contribution >= 0.6 is 0 Å². The van der Waals surface area contributed by atoms with Gasteiger partial charge in [-0.1, -0.05) is 6.07 Å². The number of nitrogens with zero attached hydrogens (tertiary/aromatic N) is 2. The van der Waals surface area contributed by atoms with E-state index in [-0.39, 0.29) is 10.9 Å². The molecule has 0 atom stereocenters. The van der Waals surface area contributed by atoms with E-state index in [1.807, 2.05) is 0 Å². The molecule has 3 rings (SSSR count). The smallest absolute Gasteiger partial charge is 0.316 e. The zero-order valence-corrected chi connectivity index (χ0v) is 10.4. The fraction of sp³-hybridized carbons (Fsp3) is 0.385. The topological polar surface area (TPSA) is 46.9 Å². The maximum absolute atomic E-state index is 12.9. The van der Waals surface area contributed by atoms with Gasteiger partial charge in [-0.2, -0.15) is 13.2 Å². The predicted molar refractivity (Wildman–Crippen MR) is 67.4 cm³/mol. The van der Waals surface area contributed by atoms with Crippen molar-refractivity contribution in [1.29, 1.82) is 0 Å². The summed E-state index contributed by atoms with van der Waals surface area (Å²) in [5.74, 6) is 0.331. The van der Waals surface area contributed by atoms with E-state index in [1.54, 1.807) is 0 Å². The van der Waals surface area contributed by atoms with Gasteiger partial charge < -0.3 is 5.32 Å². The highest BCUT2D eigenvalue weighted by molar-refractivity contribution is 5.81. The molecule has 2 heterocycles. The minimum atomic E-state index is -4.51. The van der Waals surface area contributed by atoms with E-state index < -0.39 is 17.3 Å². The molecule has 1 saturated heterocycles. The van der Waals surface area contributed by atoms with E-state index >= 15 is 0 Å². The van der Waals surface area contributed by atoms with Crippen molar-refractivity contribution in [3.05, 3.63) is 40.4 Å². The Morgan fingerprint density at radius 3 is 2.70 bits per heavy atom. The van der Waals surface area contributed by atoms with Crippen LogP contribution < -0.4 is 10.9 Å². The van der Waals surface area contributed by atoms with E-state index in [0.717, 1.165) is 19.2 Å². The van der Waals surface area contributed by atoms with Gasteiger partial charge in [-0.25, -0.2) is 4.98 Å². The highest BCUT2D eigenvalue weighted by Gasteiger charge is 2.33. The zero-order valence-electron chi connectivity index (χ0n) is 10.4. The molecule has 1 aromatic carbocycles. The van der Waals surface area contributed by atoms with Crippen LogP contribution in [0.1, 0.15) is 5.56 Å². The summed E-state index contributed by atoms with van der Waals surface area (Å²) < 4.78 is 40.0. The van der Waals surface area contributed by atoms with Crippen molar-refractivity contribution >= 4 is 10.9 Å². The summed E-state index contributed by atoms with van der Waals surface area (Å²) in [5, 5.41) is 3.09. The summed E-state index contributed by atoms with van der Waals surface area (Å²) in [6, 6.07) is 3.56. The Balaban J connectivity index is 2.11. The van der Waals surface area contributed by atoms with Crippen molar-refractivity contribution in [1.82, 2.24) is 14.9 Å². The summed E-state index contributed by atoms with van der Waals surface area (Å²) >= 11 is 0. The number of aromatic nitrogens is 2. The van der Waals surface area contributed by atoms with Crippen molar-refractivity contribution < 1.29 is 13.2 Å². The fourth-order valence-corrected chi connectivity index (χ4v) is 2.30. The molecule has 20 heavy (non-hydrogen) atoms. The van der Waals surface area contributed by atoms with Crippen LogP contribution in [0.2, 0.25) is 0 Å². The first-order valence-corrected chi connectivity index (χ1v) is 6.23. The van der Waals surface area contributed by atoms with Crippen molar-refractivity contribution in [3.63, 3.8) is 0 Å². The molecule has 7 heteroatoms. The summed E-state index contributed by atoms with van der Waals surface area (Å²) in [5.41, 5.74) is -1.58. The Morgan fingerprint density at radius 1 is 1.35 bits per heavy atom. The second-order valence-corrected chi connectivity index (χ2v) is 4.93. The SMILES string of the molecule is O=c1c2cccc(C(F)(F)F)c2ncn1CC1CNC1. The van der Waals surface area contributed by atoms with Crippen LogP contribution in [0.3, 0.4) is 0 Å². The molecule has 0 saturated carbocycles. The lowest BCUT2D eigenvalue weighted by molar-refractivity contribution is -0.136. The molecule has 1 aromatic heterocycles. The lowest BCUT2D eigenvalue weighted by atomic mass is 10.0. The van der Waals surface area contributed by atoms with E-state index in [9.17, 15) is 18.0 Å². The summed E-state index contributed by atoms with van der Waals surface area (Å²) in [4.78, 5) is 16.1. The van der Waals surface area contributed by atoms with E-state index in [4.69, 9.17) is 0 Å². The minimum Gasteiger partial charge on any atom is -0.316 e. The normalized spacial score (nSPS) is 16.4. The van der Waals surface area contributed by atoms with Gasteiger partial charge >= 0.3 is 6.18 Å². The number of hydrogen-bond acceptors (Lipinski definition) is 3. The maximum atomic E-state index is 12.9. The van der Waals surface area contributed by atoms with E-state index in [1.165, 1.54) is 23.0 Å². The standard InChI is InChI=1S/C13H12F3N3O/c14-13(15,16)10-3-1-2-9-11(10)18-7-19(12(9)20)6-8-4-17-5-8/h1-3,7-8,17H,4-6H2. The van der Waals surface area contributed by atoms with Gasteiger partial charge in [0.05, 0.1) is 22.8 Å². The van der Waals surface area contributed by atoms with Gasteiger partial charge in [0, 0.05) is 25.6 Å².